The summed E-state index contributed by atoms with van der Waals surface area (Å²) in [5.41, 5.74) is -1.46. The molecule has 2 aromatic rings. The van der Waals surface area contributed by atoms with E-state index < -0.39 is 41.9 Å². The number of benzene rings is 2. The number of amides is 1. The van der Waals surface area contributed by atoms with Crippen LogP contribution in [-0.2, 0) is 6.18 Å². The van der Waals surface area contributed by atoms with Crippen LogP contribution in [0, 0.1) is 0 Å². The molecule has 3 nitrogen and oxygen atoms in total. The summed E-state index contributed by atoms with van der Waals surface area (Å²) < 4.78 is 117. The largest absolute Gasteiger partial charge is 0.439 e. The third-order valence-corrected chi connectivity index (χ3v) is 3.40. The summed E-state index contributed by atoms with van der Waals surface area (Å²) in [7, 11) is 0. The predicted molar refractivity (Wildman–Crippen MR) is 82.4 cm³/mol. The van der Waals surface area contributed by atoms with Gasteiger partial charge in [0.05, 0.1) is 5.56 Å². The molecule has 29 heavy (non-hydrogen) atoms. The molecule has 0 spiro atoms. The van der Waals surface area contributed by atoms with Gasteiger partial charge in [0.25, 0.3) is 12.1 Å². The molecule has 0 aliphatic carbocycles. The standard InChI is InChI=1S/C17H10F9NO2/c18-14(16(22,23)24)17(25,26)29-12-6-4-9(5-7-12)13(28)27-11-3-1-2-10(8-11)15(19,20)21/h1-8,14H,(H,27,28)/t14-/m0/s1. The second-order valence-corrected chi connectivity index (χ2v) is 5.63. The summed E-state index contributed by atoms with van der Waals surface area (Å²) in [4.78, 5) is 12.0. The lowest BCUT2D eigenvalue weighted by Gasteiger charge is -2.23. The minimum Gasteiger partial charge on any atom is -0.430 e. The average molecular weight is 431 g/mol. The smallest absolute Gasteiger partial charge is 0.430 e. The highest BCUT2D eigenvalue weighted by atomic mass is 19.4. The van der Waals surface area contributed by atoms with Crippen LogP contribution in [0.4, 0.5) is 45.2 Å². The molecule has 0 fully saturated rings. The quantitative estimate of drug-likeness (QED) is 0.605. The van der Waals surface area contributed by atoms with Crippen LogP contribution in [0.5, 0.6) is 5.75 Å². The minimum atomic E-state index is -5.85. The molecule has 0 heterocycles. The number of hydrogen-bond acceptors (Lipinski definition) is 2. The molecule has 158 valence electrons. The minimum absolute atomic E-state index is 0.206. The molecule has 0 saturated carbocycles. The zero-order chi connectivity index (χ0) is 22.0. The molecule has 0 aliphatic rings. The SMILES string of the molecule is O=C(Nc1cccc(C(F)(F)F)c1)c1ccc(OC(F)(F)[C@@H](F)C(F)(F)F)cc1. The molecule has 0 radical (unpaired) electrons. The second-order valence-electron chi connectivity index (χ2n) is 5.63. The predicted octanol–water partition coefficient (Wildman–Crippen LogP) is 5.83. The van der Waals surface area contributed by atoms with E-state index in [0.29, 0.717) is 18.2 Å². The number of hydrogen-bond donors (Lipinski definition) is 1. The molecule has 2 aromatic carbocycles. The second kappa shape index (κ2) is 7.84. The van der Waals surface area contributed by atoms with Gasteiger partial charge in [-0.3, -0.25) is 4.79 Å². The first-order chi connectivity index (χ1) is 13.2. The highest BCUT2D eigenvalue weighted by Crippen LogP contribution is 2.36. The summed E-state index contributed by atoms with van der Waals surface area (Å²) in [5, 5.41) is 2.14. The fraction of sp³-hybridized carbons (Fsp3) is 0.235. The summed E-state index contributed by atoms with van der Waals surface area (Å²) in [6, 6.07) is 6.73. The van der Waals surface area contributed by atoms with Gasteiger partial charge >= 0.3 is 18.5 Å². The maximum absolute atomic E-state index is 13.2. The highest BCUT2D eigenvalue weighted by molar-refractivity contribution is 6.04. The van der Waals surface area contributed by atoms with Crippen molar-refractivity contribution < 1.29 is 49.0 Å². The van der Waals surface area contributed by atoms with Crippen molar-refractivity contribution in [2.24, 2.45) is 0 Å². The first-order valence-electron chi connectivity index (χ1n) is 7.56. The summed E-state index contributed by atoms with van der Waals surface area (Å²) in [6.07, 6.45) is -20.3. The lowest BCUT2D eigenvalue weighted by molar-refractivity contribution is -0.304. The van der Waals surface area contributed by atoms with E-state index in [-0.39, 0.29) is 11.3 Å². The van der Waals surface area contributed by atoms with Crippen molar-refractivity contribution in [2.45, 2.75) is 24.6 Å². The average Bonchev–Trinajstić information content (AvgIpc) is 2.60. The Bertz CT molecular complexity index is 860. The number of carbonyl (C=O) groups excluding carboxylic acids is 1. The van der Waals surface area contributed by atoms with E-state index in [1.807, 2.05) is 0 Å². The van der Waals surface area contributed by atoms with Gasteiger partial charge in [-0.05, 0) is 42.5 Å². The third-order valence-electron chi connectivity index (χ3n) is 3.40. The molecule has 12 heteroatoms. The van der Waals surface area contributed by atoms with E-state index in [1.54, 1.807) is 0 Å². The Hall–Kier alpha value is -2.92. The molecular formula is C17H10F9NO2. The van der Waals surface area contributed by atoms with Gasteiger partial charge in [0.2, 0.25) is 0 Å². The van der Waals surface area contributed by atoms with Crippen LogP contribution in [0.2, 0.25) is 0 Å². The monoisotopic (exact) mass is 431 g/mol. The Labute approximate surface area is 157 Å². The summed E-state index contributed by atoms with van der Waals surface area (Å²) in [5.74, 6) is -1.79. The van der Waals surface area contributed by atoms with Crippen molar-refractivity contribution in [1.29, 1.82) is 0 Å². The highest BCUT2D eigenvalue weighted by Gasteiger charge is 2.59. The first-order valence-corrected chi connectivity index (χ1v) is 7.56. The van der Waals surface area contributed by atoms with Crippen LogP contribution in [0.1, 0.15) is 15.9 Å². The number of nitrogens with one attached hydrogen (secondary N) is 1. The van der Waals surface area contributed by atoms with Gasteiger partial charge in [0, 0.05) is 11.3 Å². The Morgan fingerprint density at radius 3 is 2.00 bits per heavy atom. The van der Waals surface area contributed by atoms with Gasteiger partial charge in [0.1, 0.15) is 5.75 Å². The van der Waals surface area contributed by atoms with Gasteiger partial charge < -0.3 is 10.1 Å². The molecule has 0 bridgehead atoms. The number of rotatable bonds is 5. The molecular weight excluding hydrogens is 421 g/mol. The van der Waals surface area contributed by atoms with E-state index in [2.05, 4.69) is 10.1 Å². The van der Waals surface area contributed by atoms with Crippen molar-refractivity contribution in [3.05, 3.63) is 59.7 Å². The third kappa shape index (κ3) is 5.78. The van der Waals surface area contributed by atoms with Crippen LogP contribution >= 0.6 is 0 Å². The van der Waals surface area contributed by atoms with E-state index >= 15 is 0 Å². The maximum atomic E-state index is 13.2. The molecule has 0 saturated heterocycles. The lowest BCUT2D eigenvalue weighted by Crippen LogP contribution is -2.45. The van der Waals surface area contributed by atoms with Crippen molar-refractivity contribution in [1.82, 2.24) is 0 Å². The number of alkyl halides is 9. The normalized spacial score (nSPS) is 13.7. The van der Waals surface area contributed by atoms with Crippen LogP contribution in [0.3, 0.4) is 0 Å². The molecule has 0 aromatic heterocycles. The zero-order valence-electron chi connectivity index (χ0n) is 13.9. The molecule has 0 aliphatic heterocycles. The van der Waals surface area contributed by atoms with E-state index in [4.69, 9.17) is 0 Å². The van der Waals surface area contributed by atoms with E-state index in [0.717, 1.165) is 24.3 Å². The molecule has 2 rings (SSSR count). The van der Waals surface area contributed by atoms with Crippen molar-refractivity contribution >= 4 is 11.6 Å². The van der Waals surface area contributed by atoms with Crippen LogP contribution in [0.15, 0.2) is 48.5 Å². The van der Waals surface area contributed by atoms with Crippen molar-refractivity contribution in [3.8, 4) is 5.75 Å². The lowest BCUT2D eigenvalue weighted by atomic mass is 10.1. The van der Waals surface area contributed by atoms with Crippen LogP contribution in [0.25, 0.3) is 0 Å². The van der Waals surface area contributed by atoms with Gasteiger partial charge in [-0.15, -0.1) is 0 Å². The number of halogens is 9. The number of anilines is 1. The van der Waals surface area contributed by atoms with E-state index in [1.165, 1.54) is 6.07 Å². The van der Waals surface area contributed by atoms with Gasteiger partial charge in [-0.1, -0.05) is 6.07 Å². The van der Waals surface area contributed by atoms with Gasteiger partial charge in [-0.2, -0.15) is 35.1 Å². The van der Waals surface area contributed by atoms with Gasteiger partial charge in [0.15, 0.2) is 0 Å². The number of carbonyl (C=O) groups is 1. The summed E-state index contributed by atoms with van der Waals surface area (Å²) >= 11 is 0. The molecule has 1 atom stereocenters. The molecule has 1 amide bonds. The Morgan fingerprint density at radius 1 is 0.897 bits per heavy atom. The molecule has 1 N–H and O–H groups in total. The fourth-order valence-corrected chi connectivity index (χ4v) is 2.05. The first kappa shape index (κ1) is 22.4. The number of ether oxygens (including phenoxy) is 1. The Balaban J connectivity index is 2.09. The summed E-state index contributed by atoms with van der Waals surface area (Å²) in [6.45, 7) is 0. The zero-order valence-corrected chi connectivity index (χ0v) is 13.9. The topological polar surface area (TPSA) is 38.3 Å². The van der Waals surface area contributed by atoms with Gasteiger partial charge in [-0.25, -0.2) is 4.39 Å². The van der Waals surface area contributed by atoms with Crippen LogP contribution < -0.4 is 10.1 Å². The van der Waals surface area contributed by atoms with Crippen LogP contribution in [-0.4, -0.2) is 24.4 Å². The van der Waals surface area contributed by atoms with Crippen molar-refractivity contribution in [2.75, 3.05) is 5.32 Å². The maximum Gasteiger partial charge on any atom is 0.439 e. The Morgan fingerprint density at radius 2 is 1.48 bits per heavy atom. The van der Waals surface area contributed by atoms with E-state index in [9.17, 15) is 44.3 Å². The molecule has 0 unspecified atom stereocenters. The fourth-order valence-electron chi connectivity index (χ4n) is 2.05. The van der Waals surface area contributed by atoms with Crippen molar-refractivity contribution in [3.63, 3.8) is 0 Å². The Kier molecular flexibility index (Phi) is 6.04.